The molecule has 0 fully saturated rings. The second kappa shape index (κ2) is 4.65. The standard InChI is InChI=1S/C8H9F3N2S/c9-8(10,11)6(5-12)14-7-3-1-2-4-13-7/h1-4,6H,5,12H2. The SMILES string of the molecule is NCC(Sc1ccccn1)C(F)(F)F. The van der Waals surface area contributed by atoms with Crippen molar-refractivity contribution < 1.29 is 13.2 Å². The van der Waals surface area contributed by atoms with Crippen LogP contribution in [-0.4, -0.2) is 23.0 Å². The van der Waals surface area contributed by atoms with Crippen LogP contribution in [0.3, 0.4) is 0 Å². The number of nitrogens with zero attached hydrogens (tertiary/aromatic N) is 1. The molecule has 6 heteroatoms. The highest BCUT2D eigenvalue weighted by Gasteiger charge is 2.39. The number of hydrogen-bond acceptors (Lipinski definition) is 3. The van der Waals surface area contributed by atoms with E-state index in [1.54, 1.807) is 12.1 Å². The molecule has 14 heavy (non-hydrogen) atoms. The molecule has 0 saturated heterocycles. The number of rotatable bonds is 3. The van der Waals surface area contributed by atoms with Crippen molar-refractivity contribution in [1.29, 1.82) is 0 Å². The Morgan fingerprint density at radius 3 is 2.57 bits per heavy atom. The molecule has 0 radical (unpaired) electrons. The molecule has 1 rings (SSSR count). The first-order chi connectivity index (χ1) is 6.54. The maximum absolute atomic E-state index is 12.3. The van der Waals surface area contributed by atoms with Crippen molar-refractivity contribution in [1.82, 2.24) is 4.98 Å². The van der Waals surface area contributed by atoms with Crippen molar-refractivity contribution >= 4 is 11.8 Å². The lowest BCUT2D eigenvalue weighted by atomic mass is 10.4. The Morgan fingerprint density at radius 2 is 2.14 bits per heavy atom. The van der Waals surface area contributed by atoms with Gasteiger partial charge in [-0.1, -0.05) is 17.8 Å². The first-order valence-corrected chi connectivity index (χ1v) is 4.76. The second-order valence-electron chi connectivity index (χ2n) is 2.55. The number of halogens is 3. The summed E-state index contributed by atoms with van der Waals surface area (Å²) >= 11 is 0.635. The van der Waals surface area contributed by atoms with E-state index in [9.17, 15) is 13.2 Å². The fourth-order valence-corrected chi connectivity index (χ4v) is 1.61. The summed E-state index contributed by atoms with van der Waals surface area (Å²) in [5.41, 5.74) is 5.04. The zero-order valence-corrected chi connectivity index (χ0v) is 7.98. The average molecular weight is 222 g/mol. The van der Waals surface area contributed by atoms with Gasteiger partial charge in [0.25, 0.3) is 0 Å². The van der Waals surface area contributed by atoms with E-state index < -0.39 is 18.0 Å². The van der Waals surface area contributed by atoms with Gasteiger partial charge >= 0.3 is 6.18 Å². The van der Waals surface area contributed by atoms with Gasteiger partial charge in [0.2, 0.25) is 0 Å². The molecule has 0 aromatic carbocycles. The zero-order valence-electron chi connectivity index (χ0n) is 7.16. The van der Waals surface area contributed by atoms with Crippen molar-refractivity contribution in [3.8, 4) is 0 Å². The monoisotopic (exact) mass is 222 g/mol. The molecule has 2 nitrogen and oxygen atoms in total. The van der Waals surface area contributed by atoms with Crippen LogP contribution in [0.5, 0.6) is 0 Å². The molecule has 78 valence electrons. The highest BCUT2D eigenvalue weighted by molar-refractivity contribution is 8.00. The Hall–Kier alpha value is -0.750. The van der Waals surface area contributed by atoms with E-state index in [2.05, 4.69) is 4.98 Å². The summed E-state index contributed by atoms with van der Waals surface area (Å²) in [5.74, 6) is 0. The van der Waals surface area contributed by atoms with Gasteiger partial charge in [0.15, 0.2) is 0 Å². The van der Waals surface area contributed by atoms with E-state index in [4.69, 9.17) is 5.73 Å². The summed E-state index contributed by atoms with van der Waals surface area (Å²) in [5, 5.41) is -1.25. The van der Waals surface area contributed by atoms with Gasteiger partial charge in [-0.25, -0.2) is 4.98 Å². The van der Waals surface area contributed by atoms with Crippen molar-refractivity contribution in [3.05, 3.63) is 24.4 Å². The number of nitrogens with two attached hydrogens (primary N) is 1. The third-order valence-corrected chi connectivity index (χ3v) is 2.71. The Morgan fingerprint density at radius 1 is 1.43 bits per heavy atom. The molecule has 1 aromatic heterocycles. The van der Waals surface area contributed by atoms with Gasteiger partial charge in [0.1, 0.15) is 5.25 Å². The summed E-state index contributed by atoms with van der Waals surface area (Å²) < 4.78 is 36.8. The minimum absolute atomic E-state index is 0.334. The maximum atomic E-state index is 12.3. The van der Waals surface area contributed by atoms with Crippen LogP contribution in [-0.2, 0) is 0 Å². The molecule has 1 aromatic rings. The van der Waals surface area contributed by atoms with E-state index in [1.165, 1.54) is 12.3 Å². The number of aromatic nitrogens is 1. The Balaban J connectivity index is 2.67. The molecule has 0 aliphatic carbocycles. The van der Waals surface area contributed by atoms with E-state index in [0.717, 1.165) is 0 Å². The average Bonchev–Trinajstić information content (AvgIpc) is 2.14. The van der Waals surface area contributed by atoms with Gasteiger partial charge < -0.3 is 5.73 Å². The summed E-state index contributed by atoms with van der Waals surface area (Å²) in [6, 6.07) is 4.81. The van der Waals surface area contributed by atoms with Gasteiger partial charge in [-0.3, -0.25) is 0 Å². The molecule has 1 heterocycles. The van der Waals surface area contributed by atoms with Crippen LogP contribution < -0.4 is 5.73 Å². The zero-order chi connectivity index (χ0) is 10.6. The molecule has 0 aliphatic heterocycles. The quantitative estimate of drug-likeness (QED) is 0.796. The van der Waals surface area contributed by atoms with Gasteiger partial charge in [0.05, 0.1) is 5.03 Å². The first kappa shape index (κ1) is 11.3. The van der Waals surface area contributed by atoms with Gasteiger partial charge in [-0.15, -0.1) is 0 Å². The Bertz CT molecular complexity index is 276. The van der Waals surface area contributed by atoms with Crippen LogP contribution in [0.15, 0.2) is 29.4 Å². The van der Waals surface area contributed by atoms with Crippen molar-refractivity contribution in [2.24, 2.45) is 5.73 Å². The van der Waals surface area contributed by atoms with E-state index in [-0.39, 0.29) is 0 Å². The van der Waals surface area contributed by atoms with Crippen LogP contribution in [0, 0.1) is 0 Å². The number of pyridine rings is 1. The smallest absolute Gasteiger partial charge is 0.329 e. The van der Waals surface area contributed by atoms with Crippen LogP contribution in [0.25, 0.3) is 0 Å². The van der Waals surface area contributed by atoms with Crippen molar-refractivity contribution in [3.63, 3.8) is 0 Å². The molecule has 0 amide bonds. The topological polar surface area (TPSA) is 38.9 Å². The van der Waals surface area contributed by atoms with E-state index >= 15 is 0 Å². The third kappa shape index (κ3) is 3.19. The van der Waals surface area contributed by atoms with E-state index in [1.807, 2.05) is 0 Å². The summed E-state index contributed by atoms with van der Waals surface area (Å²) in [7, 11) is 0. The fraction of sp³-hybridized carbons (Fsp3) is 0.375. The van der Waals surface area contributed by atoms with Gasteiger partial charge in [-0.05, 0) is 12.1 Å². The largest absolute Gasteiger partial charge is 0.402 e. The molecular formula is C8H9F3N2S. The van der Waals surface area contributed by atoms with Crippen LogP contribution in [0.2, 0.25) is 0 Å². The van der Waals surface area contributed by atoms with Crippen LogP contribution in [0.1, 0.15) is 0 Å². The molecule has 1 atom stereocenters. The lowest BCUT2D eigenvalue weighted by molar-refractivity contribution is -0.126. The molecule has 0 aliphatic rings. The van der Waals surface area contributed by atoms with E-state index in [0.29, 0.717) is 16.8 Å². The highest BCUT2D eigenvalue weighted by Crippen LogP contribution is 2.33. The van der Waals surface area contributed by atoms with Crippen LogP contribution in [0.4, 0.5) is 13.2 Å². The molecule has 0 spiro atoms. The summed E-state index contributed by atoms with van der Waals surface area (Å²) in [4.78, 5) is 3.79. The molecular weight excluding hydrogens is 213 g/mol. The van der Waals surface area contributed by atoms with Crippen LogP contribution >= 0.6 is 11.8 Å². The summed E-state index contributed by atoms with van der Waals surface area (Å²) in [6.45, 7) is -0.440. The predicted octanol–water partition coefficient (Wildman–Crippen LogP) is 2.06. The number of hydrogen-bond donors (Lipinski definition) is 1. The minimum Gasteiger partial charge on any atom is -0.329 e. The second-order valence-corrected chi connectivity index (χ2v) is 3.77. The van der Waals surface area contributed by atoms with Crippen molar-refractivity contribution in [2.75, 3.05) is 6.54 Å². The number of alkyl halides is 3. The first-order valence-electron chi connectivity index (χ1n) is 3.88. The van der Waals surface area contributed by atoms with Gasteiger partial charge in [0, 0.05) is 12.7 Å². The molecule has 1 unspecified atom stereocenters. The van der Waals surface area contributed by atoms with Crippen molar-refractivity contribution in [2.45, 2.75) is 16.5 Å². The summed E-state index contributed by atoms with van der Waals surface area (Å²) in [6.07, 6.45) is -2.83. The Kier molecular flexibility index (Phi) is 3.77. The minimum atomic E-state index is -4.28. The highest BCUT2D eigenvalue weighted by atomic mass is 32.2. The lowest BCUT2D eigenvalue weighted by Gasteiger charge is -2.16. The maximum Gasteiger partial charge on any atom is 0.402 e. The lowest BCUT2D eigenvalue weighted by Crippen LogP contribution is -2.33. The molecule has 0 saturated carbocycles. The fourth-order valence-electron chi connectivity index (χ4n) is 0.811. The normalized spacial score (nSPS) is 14.0. The Labute approximate surface area is 83.7 Å². The van der Waals surface area contributed by atoms with Gasteiger partial charge in [-0.2, -0.15) is 13.2 Å². The molecule has 0 bridgehead atoms. The number of thioether (sulfide) groups is 1. The third-order valence-electron chi connectivity index (χ3n) is 1.48. The molecule has 2 N–H and O–H groups in total. The predicted molar refractivity (Wildman–Crippen MR) is 49.0 cm³/mol.